The standard InChI is InChI=1S/C22H21IN6/c1-12-18-16(11-15-19(12)29(23)20-24-9-10-27(15)20)28-14-8-6-7-13(22(2,3)4)17(14)25-21(28)26(18)5/h6-11H,1-5H3. The van der Waals surface area contributed by atoms with E-state index in [4.69, 9.17) is 4.98 Å². The van der Waals surface area contributed by atoms with Crippen LogP contribution in [0.1, 0.15) is 31.9 Å². The lowest BCUT2D eigenvalue weighted by Crippen LogP contribution is -2.11. The summed E-state index contributed by atoms with van der Waals surface area (Å²) in [7, 11) is 2.12. The highest BCUT2D eigenvalue weighted by Crippen LogP contribution is 2.36. The number of hydrogen-bond donors (Lipinski definition) is 0. The van der Waals surface area contributed by atoms with Crippen LogP contribution >= 0.6 is 22.9 Å². The number of halogens is 1. The number of hydrogen-bond acceptors (Lipinski definition) is 2. The Morgan fingerprint density at radius 2 is 1.79 bits per heavy atom. The van der Waals surface area contributed by atoms with E-state index in [9.17, 15) is 0 Å². The minimum Gasteiger partial charge on any atom is -0.312 e. The van der Waals surface area contributed by atoms with Gasteiger partial charge in [-0.15, -0.1) is 0 Å². The molecule has 4 aromatic heterocycles. The summed E-state index contributed by atoms with van der Waals surface area (Å²) < 4.78 is 8.84. The highest BCUT2D eigenvalue weighted by Gasteiger charge is 2.24. The summed E-state index contributed by atoms with van der Waals surface area (Å²) in [6.07, 6.45) is 3.88. The minimum absolute atomic E-state index is 0.0395. The molecule has 0 unspecified atom stereocenters. The molecule has 0 aliphatic rings. The predicted octanol–water partition coefficient (Wildman–Crippen LogP) is 5.39. The zero-order chi connectivity index (χ0) is 20.2. The van der Waals surface area contributed by atoms with E-state index in [-0.39, 0.29) is 5.41 Å². The van der Waals surface area contributed by atoms with E-state index in [0.29, 0.717) is 0 Å². The number of para-hydroxylation sites is 1. The quantitative estimate of drug-likeness (QED) is 0.265. The lowest BCUT2D eigenvalue weighted by molar-refractivity contribution is 0.595. The SMILES string of the molecule is Cc1c2c(cc3c1n(I)c1nccn31)n1c3cccc(C(C)(C)C)c3nc1n2C. The van der Waals surface area contributed by atoms with Gasteiger partial charge < -0.3 is 4.57 Å². The molecule has 29 heavy (non-hydrogen) atoms. The van der Waals surface area contributed by atoms with Crippen molar-refractivity contribution in [3.63, 3.8) is 0 Å². The molecule has 0 N–H and O–H groups in total. The smallest absolute Gasteiger partial charge is 0.224 e. The van der Waals surface area contributed by atoms with E-state index in [1.807, 2.05) is 12.4 Å². The third-order valence-corrected chi connectivity index (χ3v) is 6.99. The molecular weight excluding hydrogens is 475 g/mol. The summed E-state index contributed by atoms with van der Waals surface area (Å²) in [4.78, 5) is 9.63. The molecule has 0 aliphatic carbocycles. The van der Waals surface area contributed by atoms with Crippen LogP contribution in [0.4, 0.5) is 0 Å². The van der Waals surface area contributed by atoms with Crippen LogP contribution in [0.15, 0.2) is 36.7 Å². The molecule has 0 aliphatic heterocycles. The number of fused-ring (bicyclic) bond motifs is 8. The average molecular weight is 496 g/mol. The van der Waals surface area contributed by atoms with Gasteiger partial charge in [0.1, 0.15) is 0 Å². The van der Waals surface area contributed by atoms with Crippen molar-refractivity contribution >= 4 is 67.5 Å². The van der Waals surface area contributed by atoms with Gasteiger partial charge >= 0.3 is 0 Å². The van der Waals surface area contributed by atoms with Crippen LogP contribution in [0.5, 0.6) is 0 Å². The predicted molar refractivity (Wildman–Crippen MR) is 126 cm³/mol. The molecule has 0 atom stereocenters. The van der Waals surface area contributed by atoms with Gasteiger partial charge in [0.25, 0.3) is 0 Å². The first-order valence-electron chi connectivity index (χ1n) is 9.72. The monoisotopic (exact) mass is 496 g/mol. The molecule has 0 radical (unpaired) electrons. The van der Waals surface area contributed by atoms with Crippen LogP contribution in [0.25, 0.3) is 44.7 Å². The maximum atomic E-state index is 5.11. The van der Waals surface area contributed by atoms with Crippen molar-refractivity contribution in [2.24, 2.45) is 7.05 Å². The van der Waals surface area contributed by atoms with E-state index < -0.39 is 0 Å². The number of aromatic nitrogens is 6. The summed E-state index contributed by atoms with van der Waals surface area (Å²) >= 11 is 2.34. The van der Waals surface area contributed by atoms with Crippen molar-refractivity contribution in [3.05, 3.63) is 47.8 Å². The first kappa shape index (κ1) is 17.3. The fourth-order valence-corrected chi connectivity index (χ4v) is 5.74. The van der Waals surface area contributed by atoms with Crippen molar-refractivity contribution in [1.29, 1.82) is 0 Å². The second kappa shape index (κ2) is 5.33. The van der Waals surface area contributed by atoms with Gasteiger partial charge in [0.2, 0.25) is 11.6 Å². The zero-order valence-electron chi connectivity index (χ0n) is 17.0. The largest absolute Gasteiger partial charge is 0.312 e. The average Bonchev–Trinajstić information content (AvgIpc) is 3.38. The fourth-order valence-electron chi connectivity index (χ4n) is 4.77. The Labute approximate surface area is 181 Å². The van der Waals surface area contributed by atoms with Crippen LogP contribution < -0.4 is 0 Å². The van der Waals surface area contributed by atoms with Gasteiger partial charge in [0.05, 0.1) is 56.0 Å². The second-order valence-electron chi connectivity index (χ2n) is 8.84. The summed E-state index contributed by atoms with van der Waals surface area (Å²) in [6, 6.07) is 8.81. The number of benzene rings is 2. The Kier molecular flexibility index (Phi) is 3.18. The number of rotatable bonds is 0. The van der Waals surface area contributed by atoms with Crippen LogP contribution in [-0.4, -0.2) is 26.1 Å². The molecule has 2 aromatic carbocycles. The van der Waals surface area contributed by atoms with Crippen molar-refractivity contribution in [2.45, 2.75) is 33.1 Å². The summed E-state index contributed by atoms with van der Waals surface area (Å²) in [5.74, 6) is 1.92. The number of aryl methyl sites for hydroxylation is 2. The highest BCUT2D eigenvalue weighted by atomic mass is 127. The molecule has 0 spiro atoms. The zero-order valence-corrected chi connectivity index (χ0v) is 19.2. The molecule has 6 aromatic rings. The van der Waals surface area contributed by atoms with Crippen molar-refractivity contribution in [3.8, 4) is 0 Å². The van der Waals surface area contributed by atoms with Crippen molar-refractivity contribution < 1.29 is 0 Å². The number of nitrogens with zero attached hydrogens (tertiary/aromatic N) is 6. The van der Waals surface area contributed by atoms with Gasteiger partial charge in [-0.25, -0.2) is 12.7 Å². The number of imidazole rings is 4. The summed E-state index contributed by atoms with van der Waals surface area (Å²) in [6.45, 7) is 8.94. The second-order valence-corrected chi connectivity index (χ2v) is 9.81. The van der Waals surface area contributed by atoms with Gasteiger partial charge in [-0.3, -0.25) is 8.80 Å². The highest BCUT2D eigenvalue weighted by molar-refractivity contribution is 14.1. The van der Waals surface area contributed by atoms with Crippen LogP contribution in [0.3, 0.4) is 0 Å². The normalized spacial score (nSPS) is 13.2. The van der Waals surface area contributed by atoms with Crippen molar-refractivity contribution in [1.82, 2.24) is 26.1 Å². The molecule has 4 heterocycles. The van der Waals surface area contributed by atoms with Crippen molar-refractivity contribution in [2.75, 3.05) is 0 Å². The van der Waals surface area contributed by atoms with E-state index in [1.165, 1.54) is 33.2 Å². The van der Waals surface area contributed by atoms with Crippen LogP contribution in [-0.2, 0) is 12.5 Å². The van der Waals surface area contributed by atoms with E-state index >= 15 is 0 Å². The molecule has 7 heteroatoms. The summed E-state index contributed by atoms with van der Waals surface area (Å²) in [5, 5.41) is 0. The van der Waals surface area contributed by atoms with Gasteiger partial charge in [-0.05, 0) is 30.0 Å². The Balaban J connectivity index is 1.88. The van der Waals surface area contributed by atoms with E-state index in [0.717, 1.165) is 22.6 Å². The molecule has 0 saturated carbocycles. The Hall–Kier alpha value is -2.55. The van der Waals surface area contributed by atoms with Gasteiger partial charge in [0.15, 0.2) is 0 Å². The molecule has 146 valence electrons. The summed E-state index contributed by atoms with van der Waals surface area (Å²) in [5.41, 5.74) is 9.56. The van der Waals surface area contributed by atoms with E-state index in [1.54, 1.807) is 0 Å². The third-order valence-electron chi connectivity index (χ3n) is 6.07. The van der Waals surface area contributed by atoms with Crippen LogP contribution in [0.2, 0.25) is 0 Å². The maximum Gasteiger partial charge on any atom is 0.224 e. The topological polar surface area (TPSA) is 44.5 Å². The molecule has 0 amide bonds. The van der Waals surface area contributed by atoms with E-state index in [2.05, 4.69) is 103 Å². The first-order chi connectivity index (χ1) is 13.8. The molecule has 0 saturated heterocycles. The molecule has 0 bridgehead atoms. The van der Waals surface area contributed by atoms with Gasteiger partial charge in [0, 0.05) is 25.0 Å². The molecular formula is C22H21IN6. The molecule has 6 rings (SSSR count). The first-order valence-corrected chi connectivity index (χ1v) is 10.7. The minimum atomic E-state index is 0.0395. The Morgan fingerprint density at radius 1 is 1.00 bits per heavy atom. The maximum absolute atomic E-state index is 5.11. The third kappa shape index (κ3) is 2.01. The lowest BCUT2D eigenvalue weighted by Gasteiger charge is -2.19. The van der Waals surface area contributed by atoms with Gasteiger partial charge in [-0.2, -0.15) is 0 Å². The Morgan fingerprint density at radius 3 is 2.55 bits per heavy atom. The Bertz CT molecular complexity index is 1620. The molecule has 0 fully saturated rings. The lowest BCUT2D eigenvalue weighted by atomic mass is 9.86. The molecule has 6 nitrogen and oxygen atoms in total. The fraction of sp³-hybridized carbons (Fsp3) is 0.273. The van der Waals surface area contributed by atoms with Gasteiger partial charge in [-0.1, -0.05) is 32.9 Å². The van der Waals surface area contributed by atoms with Crippen LogP contribution in [0, 0.1) is 6.92 Å².